The number of rotatable bonds is 7. The topological polar surface area (TPSA) is 133 Å². The van der Waals surface area contributed by atoms with Crippen LogP contribution in [0.15, 0.2) is 48.8 Å². The van der Waals surface area contributed by atoms with Gasteiger partial charge in [-0.1, -0.05) is 23.8 Å². The number of nitrogens with zero attached hydrogens (tertiary/aromatic N) is 1. The number of nitrogens with one attached hydrogen (secondary N) is 3. The van der Waals surface area contributed by atoms with Gasteiger partial charge in [0.05, 0.1) is 12.5 Å². The van der Waals surface area contributed by atoms with Crippen molar-refractivity contribution in [3.63, 3.8) is 0 Å². The zero-order chi connectivity index (χ0) is 21.5. The molecule has 5 N–H and O–H groups in total. The number of aliphatic hydroxyl groups is 2. The monoisotopic (exact) mass is 414 g/mol. The first-order valence-corrected chi connectivity index (χ1v) is 9.71. The van der Waals surface area contributed by atoms with E-state index in [4.69, 9.17) is 4.74 Å². The molecule has 1 aromatic heterocycles. The van der Waals surface area contributed by atoms with Crippen LogP contribution in [0.4, 0.5) is 10.5 Å². The Hall–Kier alpha value is -3.01. The van der Waals surface area contributed by atoms with Crippen LogP contribution < -0.4 is 16.0 Å². The number of hydrogen-bond acceptors (Lipinski definition) is 6. The van der Waals surface area contributed by atoms with Crippen molar-refractivity contribution in [2.24, 2.45) is 0 Å². The normalized spacial score (nSPS) is 23.0. The lowest BCUT2D eigenvalue weighted by atomic mass is 10.1. The maximum Gasteiger partial charge on any atom is 0.319 e. The van der Waals surface area contributed by atoms with Gasteiger partial charge in [-0.05, 0) is 30.7 Å². The van der Waals surface area contributed by atoms with Gasteiger partial charge in [-0.2, -0.15) is 0 Å². The van der Waals surface area contributed by atoms with Crippen LogP contribution in [0.2, 0.25) is 0 Å². The van der Waals surface area contributed by atoms with E-state index in [1.165, 1.54) is 0 Å². The molecule has 2 aromatic rings. The molecule has 0 aliphatic carbocycles. The van der Waals surface area contributed by atoms with Crippen LogP contribution in [-0.4, -0.2) is 58.1 Å². The fraction of sp³-hybridized carbons (Fsp3) is 0.381. The number of amides is 3. The summed E-state index contributed by atoms with van der Waals surface area (Å²) in [4.78, 5) is 28.1. The van der Waals surface area contributed by atoms with E-state index in [-0.39, 0.29) is 18.9 Å². The quantitative estimate of drug-likeness (QED) is 0.453. The molecule has 3 amide bonds. The first-order valence-electron chi connectivity index (χ1n) is 9.71. The minimum atomic E-state index is -1.22. The lowest BCUT2D eigenvalue weighted by molar-refractivity contribution is -0.125. The molecule has 1 aliphatic heterocycles. The van der Waals surface area contributed by atoms with Crippen LogP contribution in [0.1, 0.15) is 17.5 Å². The molecule has 1 aromatic carbocycles. The number of ether oxygens (including phenoxy) is 1. The number of aromatic nitrogens is 1. The van der Waals surface area contributed by atoms with Crippen LogP contribution >= 0.6 is 0 Å². The lowest BCUT2D eigenvalue weighted by Crippen LogP contribution is -2.41. The summed E-state index contributed by atoms with van der Waals surface area (Å²) in [5, 5.41) is 28.4. The van der Waals surface area contributed by atoms with Gasteiger partial charge in [0.25, 0.3) is 0 Å². The second-order valence-electron chi connectivity index (χ2n) is 7.24. The summed E-state index contributed by atoms with van der Waals surface area (Å²) >= 11 is 0. The number of anilines is 1. The first kappa shape index (κ1) is 21.7. The summed E-state index contributed by atoms with van der Waals surface area (Å²) in [6.45, 7) is 2.25. The number of urea groups is 1. The van der Waals surface area contributed by atoms with Crippen molar-refractivity contribution in [1.29, 1.82) is 0 Å². The zero-order valence-electron chi connectivity index (χ0n) is 16.6. The zero-order valence-corrected chi connectivity index (χ0v) is 16.6. The molecule has 0 radical (unpaired) electrons. The van der Waals surface area contributed by atoms with Gasteiger partial charge >= 0.3 is 6.03 Å². The minimum Gasteiger partial charge on any atom is -0.388 e. The summed E-state index contributed by atoms with van der Waals surface area (Å²) < 4.78 is 5.61. The van der Waals surface area contributed by atoms with Gasteiger partial charge in [0, 0.05) is 31.2 Å². The molecule has 160 valence electrons. The molecule has 9 heteroatoms. The van der Waals surface area contributed by atoms with Gasteiger partial charge < -0.3 is 30.9 Å². The fourth-order valence-electron chi connectivity index (χ4n) is 3.13. The third kappa shape index (κ3) is 5.99. The average Bonchev–Trinajstić information content (AvgIpc) is 3.01. The van der Waals surface area contributed by atoms with Crippen LogP contribution in [0, 0.1) is 6.92 Å². The lowest BCUT2D eigenvalue weighted by Gasteiger charge is -2.16. The number of carbonyl (C=O) groups excluding carboxylic acids is 2. The van der Waals surface area contributed by atoms with E-state index in [1.807, 2.05) is 25.1 Å². The van der Waals surface area contributed by atoms with Gasteiger partial charge in [0.15, 0.2) is 0 Å². The second-order valence-corrected chi connectivity index (χ2v) is 7.24. The Morgan fingerprint density at radius 2 is 1.80 bits per heavy atom. The highest BCUT2D eigenvalue weighted by Crippen LogP contribution is 2.23. The van der Waals surface area contributed by atoms with Crippen molar-refractivity contribution in [3.05, 3.63) is 59.9 Å². The van der Waals surface area contributed by atoms with E-state index in [0.29, 0.717) is 12.2 Å². The molecule has 0 spiro atoms. The van der Waals surface area contributed by atoms with Crippen molar-refractivity contribution in [3.8, 4) is 0 Å². The molecular formula is C21H26N4O5. The number of pyridine rings is 1. The van der Waals surface area contributed by atoms with E-state index in [1.54, 1.807) is 30.6 Å². The molecule has 3 rings (SSSR count). The van der Waals surface area contributed by atoms with Crippen LogP contribution in [0.5, 0.6) is 0 Å². The van der Waals surface area contributed by atoms with E-state index in [9.17, 15) is 19.8 Å². The third-order valence-electron chi connectivity index (χ3n) is 4.83. The number of carbonyl (C=O) groups is 2. The predicted molar refractivity (Wildman–Crippen MR) is 110 cm³/mol. The highest BCUT2D eigenvalue weighted by molar-refractivity contribution is 5.89. The molecule has 1 aliphatic rings. The molecular weight excluding hydrogens is 388 g/mol. The highest BCUT2D eigenvalue weighted by atomic mass is 16.5. The summed E-state index contributed by atoms with van der Waals surface area (Å²) in [5.74, 6) is -0.319. The molecule has 4 atom stereocenters. The maximum atomic E-state index is 12.1. The fourth-order valence-corrected chi connectivity index (χ4v) is 3.13. The van der Waals surface area contributed by atoms with Crippen LogP contribution in [0.25, 0.3) is 0 Å². The smallest absolute Gasteiger partial charge is 0.319 e. The predicted octanol–water partition coefficient (Wildman–Crippen LogP) is 0.707. The Balaban J connectivity index is 1.43. The van der Waals surface area contributed by atoms with E-state index in [0.717, 1.165) is 11.1 Å². The molecule has 0 bridgehead atoms. The molecule has 2 heterocycles. The summed E-state index contributed by atoms with van der Waals surface area (Å²) in [6, 6.07) is 10.5. The van der Waals surface area contributed by atoms with E-state index < -0.39 is 30.4 Å². The summed E-state index contributed by atoms with van der Waals surface area (Å²) in [7, 11) is 0. The molecule has 4 unspecified atom stereocenters. The van der Waals surface area contributed by atoms with E-state index in [2.05, 4.69) is 20.9 Å². The van der Waals surface area contributed by atoms with Gasteiger partial charge in [-0.15, -0.1) is 0 Å². The Bertz CT molecular complexity index is 846. The molecule has 1 saturated heterocycles. The van der Waals surface area contributed by atoms with Gasteiger partial charge in [-0.3, -0.25) is 9.78 Å². The number of benzene rings is 1. The largest absolute Gasteiger partial charge is 0.388 e. The second kappa shape index (κ2) is 10.1. The summed E-state index contributed by atoms with van der Waals surface area (Å²) in [6.07, 6.45) is -0.925. The van der Waals surface area contributed by atoms with E-state index >= 15 is 0 Å². The minimum absolute atomic E-state index is 0.0102. The van der Waals surface area contributed by atoms with Crippen molar-refractivity contribution in [2.45, 2.75) is 44.3 Å². The standard InChI is InChI=1S/C21H26N4O5/c1-13-4-6-15(7-5-13)25-21(29)24-12-17-20(28)19(27)16(30-17)9-18(26)23-11-14-3-2-8-22-10-14/h2-8,10,16-17,19-20,27-28H,9,11-12H2,1H3,(H,23,26)(H2,24,25,29). The molecule has 0 saturated carbocycles. The Kier molecular flexibility index (Phi) is 7.34. The molecule has 30 heavy (non-hydrogen) atoms. The average molecular weight is 414 g/mol. The number of aliphatic hydroxyl groups excluding tert-OH is 2. The van der Waals surface area contributed by atoms with Crippen LogP contribution in [0.3, 0.4) is 0 Å². The molecule has 9 nitrogen and oxygen atoms in total. The third-order valence-corrected chi connectivity index (χ3v) is 4.83. The van der Waals surface area contributed by atoms with Gasteiger partial charge in [-0.25, -0.2) is 4.79 Å². The van der Waals surface area contributed by atoms with Crippen LogP contribution in [-0.2, 0) is 16.1 Å². The van der Waals surface area contributed by atoms with Crippen molar-refractivity contribution < 1.29 is 24.5 Å². The summed E-state index contributed by atoms with van der Waals surface area (Å²) in [5.41, 5.74) is 2.56. The Morgan fingerprint density at radius 3 is 2.50 bits per heavy atom. The van der Waals surface area contributed by atoms with Gasteiger partial charge in [0.1, 0.15) is 18.3 Å². The molecule has 1 fully saturated rings. The number of aryl methyl sites for hydroxylation is 1. The first-order chi connectivity index (χ1) is 14.4. The van der Waals surface area contributed by atoms with Crippen molar-refractivity contribution >= 4 is 17.6 Å². The van der Waals surface area contributed by atoms with Crippen molar-refractivity contribution in [2.75, 3.05) is 11.9 Å². The number of hydrogen-bond donors (Lipinski definition) is 5. The van der Waals surface area contributed by atoms with Crippen molar-refractivity contribution in [1.82, 2.24) is 15.6 Å². The van der Waals surface area contributed by atoms with Gasteiger partial charge in [0.2, 0.25) is 5.91 Å². The SMILES string of the molecule is Cc1ccc(NC(=O)NCC2OC(CC(=O)NCc3cccnc3)C(O)C2O)cc1. The Labute approximate surface area is 174 Å². The Morgan fingerprint density at radius 1 is 1.07 bits per heavy atom. The maximum absolute atomic E-state index is 12.1. The highest BCUT2D eigenvalue weighted by Gasteiger charge is 2.43.